The third-order valence-corrected chi connectivity index (χ3v) is 3.82. The monoisotopic (exact) mass is 322 g/mol. The third-order valence-electron chi connectivity index (χ3n) is 3.82. The molecule has 0 spiro atoms. The maximum atomic E-state index is 12.6. The summed E-state index contributed by atoms with van der Waals surface area (Å²) in [4.78, 5) is 18.3. The lowest BCUT2D eigenvalue weighted by molar-refractivity contribution is 0.0705. The molecule has 0 fully saturated rings. The summed E-state index contributed by atoms with van der Waals surface area (Å²) in [6, 6.07) is 16.2. The summed E-state index contributed by atoms with van der Waals surface area (Å²) in [6.45, 7) is 1.94. The van der Waals surface area contributed by atoms with Crippen molar-refractivity contribution in [3.8, 4) is 11.7 Å². The van der Waals surface area contributed by atoms with Crippen LogP contribution in [0, 0.1) is 0 Å². The molecular weight excluding hydrogens is 304 g/mol. The highest BCUT2D eigenvalue weighted by molar-refractivity contribution is 5.91. The quantitative estimate of drug-likeness (QED) is 0.703. The molecule has 0 saturated heterocycles. The highest BCUT2D eigenvalue weighted by Crippen LogP contribution is 2.26. The van der Waals surface area contributed by atoms with Gasteiger partial charge in [-0.05, 0) is 36.8 Å². The lowest BCUT2D eigenvalue weighted by Gasteiger charge is -2.24. The average molecular weight is 322 g/mol. The first-order chi connectivity index (χ1) is 11.6. The lowest BCUT2D eigenvalue weighted by Crippen LogP contribution is -2.29. The molecule has 0 N–H and O–H groups in total. The van der Waals surface area contributed by atoms with Gasteiger partial charge in [0.15, 0.2) is 5.76 Å². The van der Waals surface area contributed by atoms with E-state index >= 15 is 0 Å². The molecule has 1 atom stereocenters. The van der Waals surface area contributed by atoms with Crippen molar-refractivity contribution in [2.45, 2.75) is 13.0 Å². The molecule has 1 unspecified atom stereocenters. The number of benzene rings is 1. The Balaban J connectivity index is 1.71. The molecule has 0 aliphatic heterocycles. The minimum atomic E-state index is -0.214. The topological polar surface area (TPSA) is 55.6 Å². The predicted octanol–water partition coefficient (Wildman–Crippen LogP) is 4.30. The van der Waals surface area contributed by atoms with Crippen LogP contribution in [0.25, 0.3) is 0 Å². The van der Waals surface area contributed by atoms with E-state index in [-0.39, 0.29) is 23.7 Å². The molecule has 1 aromatic carbocycles. The molecule has 24 heavy (non-hydrogen) atoms. The van der Waals surface area contributed by atoms with Gasteiger partial charge in [0.1, 0.15) is 5.75 Å². The van der Waals surface area contributed by atoms with Crippen molar-refractivity contribution in [3.05, 3.63) is 78.3 Å². The van der Waals surface area contributed by atoms with Crippen LogP contribution in [0.15, 0.2) is 71.4 Å². The largest absolute Gasteiger partial charge is 0.426 e. The maximum absolute atomic E-state index is 12.6. The van der Waals surface area contributed by atoms with Crippen LogP contribution >= 0.6 is 0 Å². The minimum Gasteiger partial charge on any atom is -0.426 e. The van der Waals surface area contributed by atoms with Gasteiger partial charge in [-0.25, -0.2) is 0 Å². The van der Waals surface area contributed by atoms with Crippen LogP contribution in [0.2, 0.25) is 0 Å². The van der Waals surface area contributed by atoms with Crippen molar-refractivity contribution in [1.29, 1.82) is 0 Å². The van der Waals surface area contributed by atoms with Gasteiger partial charge in [0.05, 0.1) is 6.04 Å². The van der Waals surface area contributed by atoms with Gasteiger partial charge >= 0.3 is 0 Å². The van der Waals surface area contributed by atoms with Crippen molar-refractivity contribution in [3.63, 3.8) is 0 Å². The van der Waals surface area contributed by atoms with E-state index in [1.165, 1.54) is 0 Å². The zero-order chi connectivity index (χ0) is 16.9. The van der Waals surface area contributed by atoms with Gasteiger partial charge in [-0.15, -0.1) is 0 Å². The first kappa shape index (κ1) is 15.8. The van der Waals surface area contributed by atoms with Crippen molar-refractivity contribution in [2.75, 3.05) is 7.05 Å². The fourth-order valence-electron chi connectivity index (χ4n) is 2.29. The molecule has 3 aromatic rings. The molecule has 0 radical (unpaired) electrons. The second kappa shape index (κ2) is 7.00. The van der Waals surface area contributed by atoms with E-state index < -0.39 is 0 Å². The molecule has 3 rings (SSSR count). The fraction of sp³-hybridized carbons (Fsp3) is 0.158. The number of pyridine rings is 1. The van der Waals surface area contributed by atoms with E-state index in [9.17, 15) is 4.79 Å². The number of aromatic nitrogens is 1. The van der Waals surface area contributed by atoms with Crippen LogP contribution in [0.5, 0.6) is 11.7 Å². The second-order valence-electron chi connectivity index (χ2n) is 5.41. The Labute approximate surface area is 140 Å². The van der Waals surface area contributed by atoms with Crippen LogP contribution < -0.4 is 4.74 Å². The van der Waals surface area contributed by atoms with Gasteiger partial charge in [-0.2, -0.15) is 0 Å². The third kappa shape index (κ3) is 3.46. The van der Waals surface area contributed by atoms with Gasteiger partial charge in [-0.1, -0.05) is 24.3 Å². The summed E-state index contributed by atoms with van der Waals surface area (Å²) in [5.74, 6) is 0.961. The van der Waals surface area contributed by atoms with Crippen LogP contribution in [-0.4, -0.2) is 22.8 Å². The predicted molar refractivity (Wildman–Crippen MR) is 90.0 cm³/mol. The first-order valence-corrected chi connectivity index (χ1v) is 7.65. The summed E-state index contributed by atoms with van der Waals surface area (Å²) >= 11 is 0. The van der Waals surface area contributed by atoms with Crippen LogP contribution in [0.1, 0.15) is 29.1 Å². The molecule has 0 aliphatic carbocycles. The van der Waals surface area contributed by atoms with Crippen molar-refractivity contribution in [2.24, 2.45) is 0 Å². The Morgan fingerprint density at radius 3 is 2.62 bits per heavy atom. The minimum absolute atomic E-state index is 0.116. The Morgan fingerprint density at radius 1 is 1.12 bits per heavy atom. The number of nitrogens with zero attached hydrogens (tertiary/aromatic N) is 2. The van der Waals surface area contributed by atoms with E-state index in [1.807, 2.05) is 49.4 Å². The Kier molecular flexibility index (Phi) is 4.61. The molecule has 5 heteroatoms. The molecule has 0 bridgehead atoms. The van der Waals surface area contributed by atoms with Crippen LogP contribution in [-0.2, 0) is 0 Å². The van der Waals surface area contributed by atoms with Crippen molar-refractivity contribution >= 4 is 5.91 Å². The van der Waals surface area contributed by atoms with E-state index in [0.717, 1.165) is 5.56 Å². The number of furan rings is 1. The fourth-order valence-corrected chi connectivity index (χ4v) is 2.29. The molecule has 122 valence electrons. The molecule has 0 saturated carbocycles. The number of hydrogen-bond donors (Lipinski definition) is 0. The summed E-state index contributed by atoms with van der Waals surface area (Å²) in [5, 5.41) is 0. The van der Waals surface area contributed by atoms with Gasteiger partial charge in [0.25, 0.3) is 11.9 Å². The van der Waals surface area contributed by atoms with E-state index in [1.54, 1.807) is 36.5 Å². The molecular formula is C19H18N2O3. The Hall–Kier alpha value is -3.08. The van der Waals surface area contributed by atoms with Crippen LogP contribution in [0.3, 0.4) is 0 Å². The van der Waals surface area contributed by atoms with Gasteiger partial charge in [0.2, 0.25) is 0 Å². The number of ether oxygens (including phenoxy) is 1. The number of para-hydroxylation sites is 1. The number of rotatable bonds is 5. The number of amides is 1. The molecule has 1 amide bonds. The highest BCUT2D eigenvalue weighted by Gasteiger charge is 2.22. The van der Waals surface area contributed by atoms with Gasteiger partial charge in [0, 0.05) is 25.5 Å². The smallest absolute Gasteiger partial charge is 0.290 e. The lowest BCUT2D eigenvalue weighted by atomic mass is 10.1. The summed E-state index contributed by atoms with van der Waals surface area (Å²) in [7, 11) is 1.74. The van der Waals surface area contributed by atoms with E-state index in [2.05, 4.69) is 4.98 Å². The van der Waals surface area contributed by atoms with Gasteiger partial charge in [-0.3, -0.25) is 9.78 Å². The summed E-state index contributed by atoms with van der Waals surface area (Å²) in [6.07, 6.45) is 3.46. The molecule has 2 aromatic heterocycles. The van der Waals surface area contributed by atoms with E-state index in [0.29, 0.717) is 5.75 Å². The summed E-state index contributed by atoms with van der Waals surface area (Å²) < 4.78 is 11.1. The van der Waals surface area contributed by atoms with E-state index in [4.69, 9.17) is 9.15 Å². The van der Waals surface area contributed by atoms with Crippen molar-refractivity contribution in [1.82, 2.24) is 9.88 Å². The molecule has 2 heterocycles. The second-order valence-corrected chi connectivity index (χ2v) is 5.41. The standard InChI is InChI=1S/C19H18N2O3/c1-14(15-7-6-12-20-13-15)21(2)19(22)17-10-11-18(24-17)23-16-8-4-3-5-9-16/h3-14H,1-2H3. The normalized spacial score (nSPS) is 11.8. The van der Waals surface area contributed by atoms with Gasteiger partial charge < -0.3 is 14.1 Å². The van der Waals surface area contributed by atoms with Crippen LogP contribution in [0.4, 0.5) is 0 Å². The SMILES string of the molecule is CC(c1cccnc1)N(C)C(=O)c1ccc(Oc2ccccc2)o1. The number of carbonyl (C=O) groups is 1. The maximum Gasteiger partial charge on any atom is 0.290 e. The average Bonchev–Trinajstić information content (AvgIpc) is 3.10. The first-order valence-electron chi connectivity index (χ1n) is 7.65. The summed E-state index contributed by atoms with van der Waals surface area (Å²) in [5.41, 5.74) is 0.959. The number of hydrogen-bond acceptors (Lipinski definition) is 4. The zero-order valence-electron chi connectivity index (χ0n) is 13.5. The van der Waals surface area contributed by atoms with Crippen molar-refractivity contribution < 1.29 is 13.9 Å². The number of carbonyl (C=O) groups excluding carboxylic acids is 1. The Bertz CT molecular complexity index is 800. The Morgan fingerprint density at radius 2 is 1.92 bits per heavy atom. The molecule has 5 nitrogen and oxygen atoms in total. The highest BCUT2D eigenvalue weighted by atomic mass is 16.6. The molecule has 0 aliphatic rings. The zero-order valence-corrected chi connectivity index (χ0v) is 13.5.